The molecule has 1 aromatic heterocycles. The average Bonchev–Trinajstić information content (AvgIpc) is 3.23. The van der Waals surface area contributed by atoms with E-state index in [1.54, 1.807) is 12.1 Å². The third-order valence-electron chi connectivity index (χ3n) is 5.31. The van der Waals surface area contributed by atoms with Crippen molar-refractivity contribution < 1.29 is 9.18 Å². The van der Waals surface area contributed by atoms with Gasteiger partial charge in [-0.2, -0.15) is 0 Å². The van der Waals surface area contributed by atoms with Gasteiger partial charge >= 0.3 is 0 Å². The Balaban J connectivity index is 1.51. The summed E-state index contributed by atoms with van der Waals surface area (Å²) in [4.78, 5) is 24.0. The molecule has 0 aliphatic carbocycles. The van der Waals surface area contributed by atoms with Crippen molar-refractivity contribution in [2.45, 2.75) is 38.3 Å². The lowest BCUT2D eigenvalue weighted by Crippen LogP contribution is -2.38. The van der Waals surface area contributed by atoms with Crippen LogP contribution < -0.4 is 10.6 Å². The molecule has 2 aliphatic heterocycles. The Bertz CT molecular complexity index is 816. The first-order valence-electron chi connectivity index (χ1n) is 9.47. The summed E-state index contributed by atoms with van der Waals surface area (Å²) in [5.74, 6) is 1.40. The van der Waals surface area contributed by atoms with Crippen molar-refractivity contribution >= 4 is 11.7 Å². The zero-order valence-corrected chi connectivity index (χ0v) is 15.5. The van der Waals surface area contributed by atoms with E-state index in [4.69, 9.17) is 9.97 Å². The standard InChI is InChI=1S/C20H24FN5O/c1-22-19-15-12-26(18(27)11-13-4-6-14(21)7-5-13)10-8-16(15)24-20(25-19)17-3-2-9-23-17/h4-7,17,23H,2-3,8-12H2,1H3,(H,22,24,25)/t17-/m0/s1. The van der Waals surface area contributed by atoms with Crippen LogP contribution in [0.3, 0.4) is 0 Å². The van der Waals surface area contributed by atoms with E-state index in [2.05, 4.69) is 10.6 Å². The molecule has 2 aromatic rings. The Morgan fingerprint density at radius 1 is 1.33 bits per heavy atom. The largest absolute Gasteiger partial charge is 0.373 e. The summed E-state index contributed by atoms with van der Waals surface area (Å²) in [6.07, 6.45) is 3.20. The van der Waals surface area contributed by atoms with Gasteiger partial charge in [0.15, 0.2) is 0 Å². The van der Waals surface area contributed by atoms with E-state index in [1.165, 1.54) is 12.1 Å². The molecule has 1 atom stereocenters. The number of carbonyl (C=O) groups excluding carboxylic acids is 1. The van der Waals surface area contributed by atoms with Crippen molar-refractivity contribution in [1.29, 1.82) is 0 Å². The summed E-state index contributed by atoms with van der Waals surface area (Å²) < 4.78 is 13.1. The number of aromatic nitrogens is 2. The second-order valence-electron chi connectivity index (χ2n) is 7.12. The van der Waals surface area contributed by atoms with E-state index >= 15 is 0 Å². The van der Waals surface area contributed by atoms with E-state index in [-0.39, 0.29) is 24.2 Å². The molecule has 142 valence electrons. The maximum atomic E-state index is 13.1. The monoisotopic (exact) mass is 369 g/mol. The van der Waals surface area contributed by atoms with Crippen molar-refractivity contribution in [2.24, 2.45) is 0 Å². The van der Waals surface area contributed by atoms with Crippen molar-refractivity contribution in [3.63, 3.8) is 0 Å². The van der Waals surface area contributed by atoms with Gasteiger partial charge in [0.2, 0.25) is 5.91 Å². The highest BCUT2D eigenvalue weighted by Gasteiger charge is 2.27. The fourth-order valence-corrected chi connectivity index (χ4v) is 3.80. The molecule has 6 nitrogen and oxygen atoms in total. The Morgan fingerprint density at radius 3 is 2.85 bits per heavy atom. The number of carbonyl (C=O) groups is 1. The molecule has 3 heterocycles. The lowest BCUT2D eigenvalue weighted by molar-refractivity contribution is -0.131. The summed E-state index contributed by atoms with van der Waals surface area (Å²) in [5.41, 5.74) is 2.85. The molecule has 2 aliphatic rings. The lowest BCUT2D eigenvalue weighted by Gasteiger charge is -2.30. The summed E-state index contributed by atoms with van der Waals surface area (Å²) in [7, 11) is 1.85. The Labute approximate surface area is 158 Å². The van der Waals surface area contributed by atoms with Crippen LogP contribution in [0, 0.1) is 5.82 Å². The molecule has 4 rings (SSSR count). The molecule has 1 amide bonds. The summed E-state index contributed by atoms with van der Waals surface area (Å²) >= 11 is 0. The average molecular weight is 369 g/mol. The number of anilines is 1. The van der Waals surface area contributed by atoms with Gasteiger partial charge in [0.25, 0.3) is 0 Å². The Hall–Kier alpha value is -2.54. The first-order chi connectivity index (χ1) is 13.1. The number of halogens is 1. The number of rotatable bonds is 4. The predicted molar refractivity (Wildman–Crippen MR) is 101 cm³/mol. The van der Waals surface area contributed by atoms with Gasteiger partial charge < -0.3 is 15.5 Å². The molecule has 27 heavy (non-hydrogen) atoms. The van der Waals surface area contributed by atoms with Gasteiger partial charge in [0, 0.05) is 25.6 Å². The number of fused-ring (bicyclic) bond motifs is 1. The van der Waals surface area contributed by atoms with Crippen LogP contribution in [0.25, 0.3) is 0 Å². The third kappa shape index (κ3) is 3.78. The number of hydrogen-bond donors (Lipinski definition) is 2. The minimum atomic E-state index is -0.290. The van der Waals surface area contributed by atoms with Crippen LogP contribution in [0.5, 0.6) is 0 Å². The van der Waals surface area contributed by atoms with Crippen LogP contribution >= 0.6 is 0 Å². The summed E-state index contributed by atoms with van der Waals surface area (Å²) in [5, 5.41) is 6.62. The molecule has 7 heteroatoms. The Kier molecular flexibility index (Phi) is 5.03. The van der Waals surface area contributed by atoms with Gasteiger partial charge in [-0.05, 0) is 37.1 Å². The van der Waals surface area contributed by atoms with Crippen LogP contribution in [0.2, 0.25) is 0 Å². The zero-order valence-electron chi connectivity index (χ0n) is 15.5. The third-order valence-corrected chi connectivity index (χ3v) is 5.31. The second-order valence-corrected chi connectivity index (χ2v) is 7.12. The van der Waals surface area contributed by atoms with E-state index in [0.717, 1.165) is 54.3 Å². The maximum Gasteiger partial charge on any atom is 0.227 e. The molecule has 0 unspecified atom stereocenters. The van der Waals surface area contributed by atoms with Gasteiger partial charge in [-0.25, -0.2) is 14.4 Å². The van der Waals surface area contributed by atoms with Crippen molar-refractivity contribution in [2.75, 3.05) is 25.5 Å². The highest BCUT2D eigenvalue weighted by Crippen LogP contribution is 2.28. The van der Waals surface area contributed by atoms with Gasteiger partial charge in [0.05, 0.1) is 24.7 Å². The van der Waals surface area contributed by atoms with E-state index in [9.17, 15) is 9.18 Å². The number of nitrogens with zero attached hydrogens (tertiary/aromatic N) is 3. The van der Waals surface area contributed by atoms with Crippen LogP contribution in [-0.2, 0) is 24.2 Å². The van der Waals surface area contributed by atoms with Crippen molar-refractivity contribution in [1.82, 2.24) is 20.2 Å². The van der Waals surface area contributed by atoms with Gasteiger partial charge in [0.1, 0.15) is 17.5 Å². The second kappa shape index (κ2) is 7.60. The molecular weight excluding hydrogens is 345 g/mol. The van der Waals surface area contributed by atoms with E-state index < -0.39 is 0 Å². The first-order valence-corrected chi connectivity index (χ1v) is 9.47. The zero-order chi connectivity index (χ0) is 18.8. The van der Waals surface area contributed by atoms with Gasteiger partial charge in [-0.15, -0.1) is 0 Å². The van der Waals surface area contributed by atoms with Crippen LogP contribution in [0.4, 0.5) is 10.2 Å². The van der Waals surface area contributed by atoms with Gasteiger partial charge in [-0.1, -0.05) is 12.1 Å². The Morgan fingerprint density at radius 2 is 2.15 bits per heavy atom. The minimum absolute atomic E-state index is 0.0378. The van der Waals surface area contributed by atoms with E-state index in [1.807, 2.05) is 11.9 Å². The van der Waals surface area contributed by atoms with Crippen LogP contribution in [0.1, 0.15) is 41.5 Å². The molecule has 1 aromatic carbocycles. The van der Waals surface area contributed by atoms with Crippen LogP contribution in [-0.4, -0.2) is 40.9 Å². The molecular formula is C20H24FN5O. The SMILES string of the molecule is CNc1nc([C@@H]2CCCN2)nc2c1CN(C(=O)Cc1ccc(F)cc1)CC2. The number of amides is 1. The van der Waals surface area contributed by atoms with Gasteiger partial charge in [-0.3, -0.25) is 4.79 Å². The molecule has 1 fully saturated rings. The smallest absolute Gasteiger partial charge is 0.227 e. The number of benzene rings is 1. The fraction of sp³-hybridized carbons (Fsp3) is 0.450. The minimum Gasteiger partial charge on any atom is -0.373 e. The highest BCUT2D eigenvalue weighted by atomic mass is 19.1. The molecule has 0 spiro atoms. The normalized spacial score (nSPS) is 19.0. The van der Waals surface area contributed by atoms with Crippen molar-refractivity contribution in [3.05, 3.63) is 52.7 Å². The first kappa shape index (κ1) is 17.9. The van der Waals surface area contributed by atoms with E-state index in [0.29, 0.717) is 13.1 Å². The molecule has 0 saturated carbocycles. The molecule has 0 bridgehead atoms. The molecule has 2 N–H and O–H groups in total. The number of nitrogens with one attached hydrogen (secondary N) is 2. The number of hydrogen-bond acceptors (Lipinski definition) is 5. The fourth-order valence-electron chi connectivity index (χ4n) is 3.80. The topological polar surface area (TPSA) is 70.2 Å². The van der Waals surface area contributed by atoms with Crippen LogP contribution in [0.15, 0.2) is 24.3 Å². The quantitative estimate of drug-likeness (QED) is 0.865. The highest BCUT2D eigenvalue weighted by molar-refractivity contribution is 5.79. The van der Waals surface area contributed by atoms with Crippen molar-refractivity contribution in [3.8, 4) is 0 Å². The molecule has 1 saturated heterocycles. The summed E-state index contributed by atoms with van der Waals surface area (Å²) in [6, 6.07) is 6.32. The predicted octanol–water partition coefficient (Wildman–Crippen LogP) is 2.21. The summed E-state index contributed by atoms with van der Waals surface area (Å²) in [6.45, 7) is 2.15. The maximum absolute atomic E-state index is 13.1. The molecule has 0 radical (unpaired) electrons. The lowest BCUT2D eigenvalue weighted by atomic mass is 10.0.